The van der Waals surface area contributed by atoms with Crippen molar-refractivity contribution in [2.45, 2.75) is 18.6 Å². The summed E-state index contributed by atoms with van der Waals surface area (Å²) >= 11 is 0. The fourth-order valence-corrected chi connectivity index (χ4v) is 2.76. The molecule has 0 radical (unpaired) electrons. The monoisotopic (exact) mass is 277 g/mol. The van der Waals surface area contributed by atoms with Gasteiger partial charge in [-0.2, -0.15) is 4.98 Å². The van der Waals surface area contributed by atoms with Crippen molar-refractivity contribution >= 4 is 17.1 Å². The van der Waals surface area contributed by atoms with E-state index in [-0.39, 0.29) is 24.0 Å². The van der Waals surface area contributed by atoms with Crippen LogP contribution in [0.2, 0.25) is 0 Å². The van der Waals surface area contributed by atoms with Crippen molar-refractivity contribution in [3.63, 3.8) is 0 Å². The normalized spacial score (nSPS) is 26.5. The number of nitrogens with two attached hydrogens (primary N) is 1. The number of fused-ring (bicyclic) bond motifs is 1. The predicted molar refractivity (Wildman–Crippen MR) is 71.9 cm³/mol. The van der Waals surface area contributed by atoms with Gasteiger partial charge >= 0.3 is 0 Å². The summed E-state index contributed by atoms with van der Waals surface area (Å²) < 4.78 is 1.59. The Morgan fingerprint density at radius 2 is 2.35 bits per heavy atom. The van der Waals surface area contributed by atoms with Crippen LogP contribution in [0.4, 0.5) is 5.95 Å². The van der Waals surface area contributed by atoms with Crippen molar-refractivity contribution in [3.8, 4) is 0 Å². The zero-order chi connectivity index (χ0) is 14.4. The Labute approximate surface area is 113 Å². The molecule has 0 bridgehead atoms. The molecule has 106 valence electrons. The summed E-state index contributed by atoms with van der Waals surface area (Å²) in [5, 5.41) is 19.4. The molecule has 8 heteroatoms. The maximum absolute atomic E-state index is 11.7. The molecule has 0 spiro atoms. The SMILES string of the molecule is C=C1[C@@H](CO)C[C@H](O)[C@H]1n1cnc2c(=O)[nH]c(N)nc21. The van der Waals surface area contributed by atoms with Crippen molar-refractivity contribution in [1.29, 1.82) is 0 Å². The summed E-state index contributed by atoms with van der Waals surface area (Å²) in [6.45, 7) is 3.86. The molecule has 0 aromatic carbocycles. The number of hydrogen-bond donors (Lipinski definition) is 4. The summed E-state index contributed by atoms with van der Waals surface area (Å²) in [6.07, 6.45) is 1.14. The smallest absolute Gasteiger partial charge is 0.280 e. The minimum atomic E-state index is -0.709. The molecule has 0 amide bonds. The number of nitrogen functional groups attached to an aromatic ring is 1. The molecule has 0 unspecified atom stereocenters. The van der Waals surface area contributed by atoms with Gasteiger partial charge in [0.15, 0.2) is 11.2 Å². The molecule has 2 aromatic rings. The van der Waals surface area contributed by atoms with Crippen LogP contribution >= 0.6 is 0 Å². The van der Waals surface area contributed by atoms with Crippen LogP contribution in [0.25, 0.3) is 11.2 Å². The van der Waals surface area contributed by atoms with Gasteiger partial charge in [0.1, 0.15) is 0 Å². The molecule has 1 fully saturated rings. The van der Waals surface area contributed by atoms with Crippen molar-refractivity contribution in [2.75, 3.05) is 12.3 Å². The van der Waals surface area contributed by atoms with E-state index in [4.69, 9.17) is 5.73 Å². The predicted octanol–water partition coefficient (Wildman–Crippen LogP) is -0.828. The average molecular weight is 277 g/mol. The van der Waals surface area contributed by atoms with Gasteiger partial charge in [-0.15, -0.1) is 0 Å². The third kappa shape index (κ3) is 1.73. The molecule has 0 saturated heterocycles. The van der Waals surface area contributed by atoms with E-state index in [1.165, 1.54) is 6.33 Å². The first-order chi connectivity index (χ1) is 9.52. The van der Waals surface area contributed by atoms with E-state index in [1.807, 2.05) is 0 Å². The number of nitrogens with zero attached hydrogens (tertiary/aromatic N) is 3. The van der Waals surface area contributed by atoms with Gasteiger partial charge in [0.2, 0.25) is 5.95 Å². The molecule has 2 aromatic heterocycles. The van der Waals surface area contributed by atoms with Gasteiger partial charge in [-0.1, -0.05) is 6.58 Å². The highest BCUT2D eigenvalue weighted by Gasteiger charge is 2.38. The lowest BCUT2D eigenvalue weighted by atomic mass is 10.0. The van der Waals surface area contributed by atoms with Crippen LogP contribution < -0.4 is 11.3 Å². The van der Waals surface area contributed by atoms with Gasteiger partial charge in [-0.05, 0) is 12.0 Å². The summed E-state index contributed by atoms with van der Waals surface area (Å²) in [5.41, 5.74) is 6.27. The highest BCUT2D eigenvalue weighted by molar-refractivity contribution is 5.71. The van der Waals surface area contributed by atoms with Crippen LogP contribution in [0.15, 0.2) is 23.3 Å². The van der Waals surface area contributed by atoms with E-state index in [9.17, 15) is 15.0 Å². The zero-order valence-electron chi connectivity index (χ0n) is 10.7. The first-order valence-electron chi connectivity index (χ1n) is 6.23. The second-order valence-electron chi connectivity index (χ2n) is 4.98. The number of aromatic amines is 1. The van der Waals surface area contributed by atoms with Gasteiger partial charge in [0, 0.05) is 12.5 Å². The maximum Gasteiger partial charge on any atom is 0.280 e. The number of H-pyrrole nitrogens is 1. The molecular weight excluding hydrogens is 262 g/mol. The Bertz CT molecular complexity index is 734. The average Bonchev–Trinajstić information content (AvgIpc) is 2.91. The quantitative estimate of drug-likeness (QED) is 0.530. The Balaban J connectivity index is 2.16. The summed E-state index contributed by atoms with van der Waals surface area (Å²) in [4.78, 5) is 22.2. The Kier molecular flexibility index (Phi) is 2.84. The number of hydrogen-bond acceptors (Lipinski definition) is 6. The first kappa shape index (κ1) is 12.8. The molecule has 5 N–H and O–H groups in total. The van der Waals surface area contributed by atoms with Gasteiger partial charge in [-0.25, -0.2) is 4.98 Å². The van der Waals surface area contributed by atoms with E-state index in [2.05, 4.69) is 21.5 Å². The van der Waals surface area contributed by atoms with Crippen LogP contribution in [-0.2, 0) is 0 Å². The first-order valence-corrected chi connectivity index (χ1v) is 6.23. The van der Waals surface area contributed by atoms with Gasteiger partial charge in [0.25, 0.3) is 5.56 Å². The minimum Gasteiger partial charge on any atom is -0.396 e. The van der Waals surface area contributed by atoms with Gasteiger partial charge in [-0.3, -0.25) is 9.78 Å². The minimum absolute atomic E-state index is 0.0129. The molecular formula is C12H15N5O3. The largest absolute Gasteiger partial charge is 0.396 e. The number of imidazole rings is 1. The lowest BCUT2D eigenvalue weighted by Gasteiger charge is -2.18. The van der Waals surface area contributed by atoms with Crippen molar-refractivity contribution in [2.24, 2.45) is 5.92 Å². The van der Waals surface area contributed by atoms with Crippen molar-refractivity contribution in [1.82, 2.24) is 19.5 Å². The molecule has 3 rings (SSSR count). The highest BCUT2D eigenvalue weighted by Crippen LogP contribution is 2.39. The molecule has 20 heavy (non-hydrogen) atoms. The Morgan fingerprint density at radius 3 is 3.00 bits per heavy atom. The number of aliphatic hydroxyl groups is 2. The Hall–Kier alpha value is -2.19. The van der Waals surface area contributed by atoms with Crippen LogP contribution in [-0.4, -0.2) is 42.4 Å². The maximum atomic E-state index is 11.7. The van der Waals surface area contributed by atoms with E-state index in [0.717, 1.165) is 0 Å². The third-order valence-electron chi connectivity index (χ3n) is 3.77. The van der Waals surface area contributed by atoms with Crippen molar-refractivity contribution < 1.29 is 10.2 Å². The Morgan fingerprint density at radius 1 is 1.60 bits per heavy atom. The third-order valence-corrected chi connectivity index (χ3v) is 3.77. The topological polar surface area (TPSA) is 130 Å². The number of aromatic nitrogens is 4. The second-order valence-corrected chi connectivity index (χ2v) is 4.98. The lowest BCUT2D eigenvalue weighted by Crippen LogP contribution is -2.20. The van der Waals surface area contributed by atoms with Crippen molar-refractivity contribution in [3.05, 3.63) is 28.8 Å². The molecule has 1 saturated carbocycles. The van der Waals surface area contributed by atoms with Crippen LogP contribution in [0, 0.1) is 5.92 Å². The number of anilines is 1. The molecule has 8 nitrogen and oxygen atoms in total. The summed E-state index contributed by atoms with van der Waals surface area (Å²) in [5.74, 6) is -0.187. The molecule has 3 atom stereocenters. The van der Waals surface area contributed by atoms with Crippen LogP contribution in [0.1, 0.15) is 12.5 Å². The lowest BCUT2D eigenvalue weighted by molar-refractivity contribution is 0.135. The zero-order valence-corrected chi connectivity index (χ0v) is 10.7. The second kappa shape index (κ2) is 4.43. The number of nitrogens with one attached hydrogen (secondary N) is 1. The number of aliphatic hydroxyl groups excluding tert-OH is 2. The van der Waals surface area contributed by atoms with Gasteiger partial charge in [0.05, 0.1) is 18.5 Å². The van der Waals surface area contributed by atoms with E-state index in [1.54, 1.807) is 4.57 Å². The molecule has 1 aliphatic carbocycles. The van der Waals surface area contributed by atoms with Crippen LogP contribution in [0.3, 0.4) is 0 Å². The van der Waals surface area contributed by atoms with E-state index < -0.39 is 17.7 Å². The van der Waals surface area contributed by atoms with E-state index in [0.29, 0.717) is 17.6 Å². The summed E-state index contributed by atoms with van der Waals surface area (Å²) in [6, 6.07) is -0.467. The van der Waals surface area contributed by atoms with Crippen LogP contribution in [0.5, 0.6) is 0 Å². The fraction of sp³-hybridized carbons (Fsp3) is 0.417. The molecule has 0 aliphatic heterocycles. The molecule has 2 heterocycles. The van der Waals surface area contributed by atoms with E-state index >= 15 is 0 Å². The fourth-order valence-electron chi connectivity index (χ4n) is 2.76. The number of rotatable bonds is 2. The summed E-state index contributed by atoms with van der Waals surface area (Å²) in [7, 11) is 0. The molecule has 1 aliphatic rings. The van der Waals surface area contributed by atoms with Gasteiger partial charge < -0.3 is 20.5 Å². The highest BCUT2D eigenvalue weighted by atomic mass is 16.3. The standard InChI is InChI=1S/C12H15N5O3/c1-5-6(3-18)2-7(19)9(5)17-4-14-8-10(17)15-12(13)16-11(8)20/h4,6-7,9,18-19H,1-3H2,(H3,13,15,16,20)/t6-,7+,9+/m1/s1.